The average Bonchev–Trinajstić information content (AvgIpc) is 2.75. The minimum absolute atomic E-state index is 0.0154. The number of carbonyl (C=O) groups is 1. The molecule has 18 heavy (non-hydrogen) atoms. The lowest BCUT2D eigenvalue weighted by Crippen LogP contribution is -2.47. The predicted molar refractivity (Wildman–Crippen MR) is 69.0 cm³/mol. The van der Waals surface area contributed by atoms with Crippen LogP contribution < -0.4 is 4.74 Å². The van der Waals surface area contributed by atoms with Crippen LogP contribution in [0.2, 0.25) is 0 Å². The largest absolute Gasteiger partial charge is 0.488 e. The Hall–Kier alpha value is -1.62. The lowest BCUT2D eigenvalue weighted by Gasteiger charge is -2.41. The molecule has 1 aromatic carbocycles. The number of carboxylic acid groups (broad SMARTS) is 1. The van der Waals surface area contributed by atoms with Crippen LogP contribution in [0.25, 0.3) is 10.2 Å². The first-order valence-electron chi connectivity index (χ1n) is 5.81. The molecule has 1 aliphatic rings. The zero-order valence-corrected chi connectivity index (χ0v) is 10.7. The van der Waals surface area contributed by atoms with Crippen molar-refractivity contribution in [3.8, 4) is 5.75 Å². The molecule has 0 saturated heterocycles. The Labute approximate surface area is 108 Å². The molecule has 0 aliphatic heterocycles. The fourth-order valence-electron chi connectivity index (χ4n) is 2.34. The number of hydrogen-bond acceptors (Lipinski definition) is 4. The molecule has 1 heterocycles. The van der Waals surface area contributed by atoms with Crippen molar-refractivity contribution in [1.29, 1.82) is 0 Å². The summed E-state index contributed by atoms with van der Waals surface area (Å²) in [6.45, 7) is 1.76. The van der Waals surface area contributed by atoms with E-state index in [1.54, 1.807) is 23.8 Å². The number of aliphatic carboxylic acids is 1. The summed E-state index contributed by atoms with van der Waals surface area (Å²) in [5, 5.41) is 9.05. The van der Waals surface area contributed by atoms with Gasteiger partial charge in [-0.2, -0.15) is 0 Å². The van der Waals surface area contributed by atoms with Crippen molar-refractivity contribution in [3.05, 3.63) is 23.7 Å². The fraction of sp³-hybridized carbons (Fsp3) is 0.385. The Bertz CT molecular complexity index is 601. The molecule has 0 unspecified atom stereocenters. The Balaban J connectivity index is 1.75. The smallest absolute Gasteiger partial charge is 0.309 e. The summed E-state index contributed by atoms with van der Waals surface area (Å²) in [6.07, 6.45) is 1.10. The van der Waals surface area contributed by atoms with Gasteiger partial charge in [-0.15, -0.1) is 11.3 Å². The lowest BCUT2D eigenvalue weighted by atomic mass is 9.68. The van der Waals surface area contributed by atoms with Gasteiger partial charge in [0.1, 0.15) is 17.4 Å². The second-order valence-corrected chi connectivity index (χ2v) is 5.86. The van der Waals surface area contributed by atoms with E-state index in [4.69, 9.17) is 9.84 Å². The fourth-order valence-corrected chi connectivity index (χ4v) is 3.03. The van der Waals surface area contributed by atoms with E-state index in [0.717, 1.165) is 16.0 Å². The number of hydrogen-bond donors (Lipinski definition) is 1. The van der Waals surface area contributed by atoms with E-state index in [1.165, 1.54) is 0 Å². The SMILES string of the molecule is CC1(C(=O)O)CC(Oc2cccc3scnc23)C1. The molecule has 0 atom stereocenters. The van der Waals surface area contributed by atoms with E-state index in [-0.39, 0.29) is 6.10 Å². The van der Waals surface area contributed by atoms with Crippen molar-refractivity contribution in [2.75, 3.05) is 0 Å². The molecule has 1 aromatic heterocycles. The highest BCUT2D eigenvalue weighted by Gasteiger charge is 2.48. The summed E-state index contributed by atoms with van der Waals surface area (Å²) >= 11 is 1.57. The van der Waals surface area contributed by atoms with Crippen LogP contribution in [-0.2, 0) is 4.79 Å². The van der Waals surface area contributed by atoms with Crippen molar-refractivity contribution < 1.29 is 14.6 Å². The number of thiazole rings is 1. The summed E-state index contributed by atoms with van der Waals surface area (Å²) in [5.41, 5.74) is 2.03. The number of aromatic nitrogens is 1. The van der Waals surface area contributed by atoms with Crippen molar-refractivity contribution in [3.63, 3.8) is 0 Å². The zero-order chi connectivity index (χ0) is 12.8. The van der Waals surface area contributed by atoms with E-state index in [0.29, 0.717) is 12.8 Å². The molecule has 0 amide bonds. The molecule has 4 nitrogen and oxygen atoms in total. The van der Waals surface area contributed by atoms with Crippen molar-refractivity contribution >= 4 is 27.5 Å². The summed E-state index contributed by atoms with van der Waals surface area (Å²) in [4.78, 5) is 15.3. The van der Waals surface area contributed by atoms with Crippen LogP contribution in [0.1, 0.15) is 19.8 Å². The average molecular weight is 263 g/mol. The summed E-state index contributed by atoms with van der Waals surface area (Å²) in [6, 6.07) is 5.82. The van der Waals surface area contributed by atoms with Gasteiger partial charge < -0.3 is 9.84 Å². The Morgan fingerprint density at radius 2 is 2.33 bits per heavy atom. The summed E-state index contributed by atoms with van der Waals surface area (Å²) < 4.78 is 6.94. The van der Waals surface area contributed by atoms with Gasteiger partial charge in [-0.05, 0) is 19.1 Å². The molecule has 0 spiro atoms. The maximum Gasteiger partial charge on any atom is 0.309 e. The Kier molecular flexibility index (Phi) is 2.52. The van der Waals surface area contributed by atoms with Gasteiger partial charge in [0.2, 0.25) is 0 Å². The van der Waals surface area contributed by atoms with Crippen LogP contribution in [0.15, 0.2) is 23.7 Å². The van der Waals surface area contributed by atoms with E-state index in [2.05, 4.69) is 4.98 Å². The van der Waals surface area contributed by atoms with Crippen LogP contribution in [0, 0.1) is 5.41 Å². The van der Waals surface area contributed by atoms with E-state index in [1.807, 2.05) is 18.2 Å². The standard InChI is InChI=1S/C13H13NO3S/c1-13(12(15)16)5-8(6-13)17-9-3-2-4-10-11(9)14-7-18-10/h2-4,7-8H,5-6H2,1H3,(H,15,16). The second-order valence-electron chi connectivity index (χ2n) is 4.97. The highest BCUT2D eigenvalue weighted by Crippen LogP contribution is 2.43. The Morgan fingerprint density at radius 3 is 3.06 bits per heavy atom. The van der Waals surface area contributed by atoms with Gasteiger partial charge >= 0.3 is 5.97 Å². The number of carboxylic acids is 1. The highest BCUT2D eigenvalue weighted by molar-refractivity contribution is 7.16. The van der Waals surface area contributed by atoms with E-state index in [9.17, 15) is 4.79 Å². The number of nitrogens with zero attached hydrogens (tertiary/aromatic N) is 1. The molecule has 5 heteroatoms. The quantitative estimate of drug-likeness (QED) is 0.925. The molecule has 2 aromatic rings. The van der Waals surface area contributed by atoms with Crippen LogP contribution in [-0.4, -0.2) is 22.2 Å². The minimum atomic E-state index is -0.741. The molecule has 94 valence electrons. The van der Waals surface area contributed by atoms with Gasteiger partial charge in [0.05, 0.1) is 15.6 Å². The molecule has 1 saturated carbocycles. The number of rotatable bonds is 3. The summed E-state index contributed by atoms with van der Waals surface area (Å²) in [5.74, 6) is 0.0143. The molecule has 3 rings (SSSR count). The third kappa shape index (κ3) is 1.75. The highest BCUT2D eigenvalue weighted by atomic mass is 32.1. The first-order valence-corrected chi connectivity index (χ1v) is 6.69. The van der Waals surface area contributed by atoms with Gasteiger partial charge in [-0.3, -0.25) is 4.79 Å². The monoisotopic (exact) mass is 263 g/mol. The van der Waals surface area contributed by atoms with Gasteiger partial charge in [0.25, 0.3) is 0 Å². The minimum Gasteiger partial charge on any atom is -0.488 e. The second kappa shape index (κ2) is 3.95. The van der Waals surface area contributed by atoms with Gasteiger partial charge in [0, 0.05) is 12.8 Å². The van der Waals surface area contributed by atoms with Gasteiger partial charge in [-0.25, -0.2) is 4.98 Å². The maximum atomic E-state index is 11.0. The molecule has 1 aliphatic carbocycles. The zero-order valence-electron chi connectivity index (χ0n) is 9.92. The number of fused-ring (bicyclic) bond motifs is 1. The molecular weight excluding hydrogens is 250 g/mol. The summed E-state index contributed by atoms with van der Waals surface area (Å²) in [7, 11) is 0. The molecule has 1 N–H and O–H groups in total. The van der Waals surface area contributed by atoms with Crippen LogP contribution in [0.5, 0.6) is 5.75 Å². The van der Waals surface area contributed by atoms with Crippen LogP contribution in [0.3, 0.4) is 0 Å². The molecular formula is C13H13NO3S. The van der Waals surface area contributed by atoms with Crippen LogP contribution in [0.4, 0.5) is 0 Å². The van der Waals surface area contributed by atoms with E-state index >= 15 is 0 Å². The maximum absolute atomic E-state index is 11.0. The van der Waals surface area contributed by atoms with Gasteiger partial charge in [0.15, 0.2) is 0 Å². The predicted octanol–water partition coefficient (Wildman–Crippen LogP) is 2.93. The van der Waals surface area contributed by atoms with E-state index < -0.39 is 11.4 Å². The lowest BCUT2D eigenvalue weighted by molar-refractivity contribution is -0.159. The van der Waals surface area contributed by atoms with Gasteiger partial charge in [-0.1, -0.05) is 6.07 Å². The normalized spacial score (nSPS) is 26.8. The van der Waals surface area contributed by atoms with Crippen LogP contribution >= 0.6 is 11.3 Å². The first-order chi connectivity index (χ1) is 8.58. The number of ether oxygens (including phenoxy) is 1. The third-order valence-electron chi connectivity index (χ3n) is 3.49. The molecule has 1 fully saturated rings. The van der Waals surface area contributed by atoms with Crippen molar-refractivity contribution in [1.82, 2.24) is 4.98 Å². The molecule has 0 radical (unpaired) electrons. The molecule has 0 bridgehead atoms. The third-order valence-corrected chi connectivity index (χ3v) is 4.28. The Morgan fingerprint density at radius 1 is 1.56 bits per heavy atom. The van der Waals surface area contributed by atoms with Crippen molar-refractivity contribution in [2.45, 2.75) is 25.9 Å². The number of para-hydroxylation sites is 1. The topological polar surface area (TPSA) is 59.4 Å². The van der Waals surface area contributed by atoms with Crippen molar-refractivity contribution in [2.24, 2.45) is 5.41 Å². The first kappa shape index (κ1) is 11.5. The number of benzene rings is 1.